The Morgan fingerprint density at radius 2 is 2.10 bits per heavy atom. The Balaban J connectivity index is 2.00. The van der Waals surface area contributed by atoms with Crippen molar-refractivity contribution in [3.05, 3.63) is 36.2 Å². The molecule has 2 aromatic rings. The number of hydrogen-bond donors (Lipinski definition) is 1. The lowest BCUT2D eigenvalue weighted by atomic mass is 10.3. The zero-order valence-corrected chi connectivity index (χ0v) is 12.0. The first-order chi connectivity index (χ1) is 9.58. The molecule has 0 unspecified atom stereocenters. The molecule has 0 aliphatic heterocycles. The largest absolute Gasteiger partial charge is 0.486 e. The number of carbonyl (C=O) groups is 1. The number of ether oxygens (including phenoxy) is 1. The Labute approximate surface area is 120 Å². The lowest BCUT2D eigenvalue weighted by Crippen LogP contribution is -2.12. The standard InChI is InChI=1S/C13H15N3O3S/c1-9(12(17)18)20-13-15-14-11(16(13)2)8-19-10-6-4-3-5-7-10/h3-7,9H,8H2,1-2H3,(H,17,18)/t9-/m0/s1. The van der Waals surface area contributed by atoms with Crippen LogP contribution in [0.5, 0.6) is 5.75 Å². The number of thioether (sulfide) groups is 1. The number of para-hydroxylation sites is 1. The molecule has 2 rings (SSSR count). The Hall–Kier alpha value is -2.02. The minimum Gasteiger partial charge on any atom is -0.486 e. The van der Waals surface area contributed by atoms with Gasteiger partial charge in [-0.2, -0.15) is 0 Å². The molecular weight excluding hydrogens is 278 g/mol. The van der Waals surface area contributed by atoms with Gasteiger partial charge < -0.3 is 14.4 Å². The highest BCUT2D eigenvalue weighted by Gasteiger charge is 2.17. The lowest BCUT2D eigenvalue weighted by molar-refractivity contribution is -0.136. The SMILES string of the molecule is C[C@H](Sc1nnc(COc2ccccc2)n1C)C(=O)O. The molecule has 1 aromatic heterocycles. The van der Waals surface area contributed by atoms with Gasteiger partial charge in [0.1, 0.15) is 17.6 Å². The average molecular weight is 293 g/mol. The molecule has 6 nitrogen and oxygen atoms in total. The van der Waals surface area contributed by atoms with Crippen molar-refractivity contribution in [1.29, 1.82) is 0 Å². The molecule has 0 radical (unpaired) electrons. The smallest absolute Gasteiger partial charge is 0.316 e. The van der Waals surface area contributed by atoms with Gasteiger partial charge in [0.05, 0.1) is 0 Å². The quantitative estimate of drug-likeness (QED) is 0.820. The first-order valence-corrected chi connectivity index (χ1v) is 6.91. The fourth-order valence-corrected chi connectivity index (χ4v) is 2.22. The van der Waals surface area contributed by atoms with Gasteiger partial charge in [-0.25, -0.2) is 0 Å². The van der Waals surface area contributed by atoms with Crippen molar-refractivity contribution in [3.63, 3.8) is 0 Å². The van der Waals surface area contributed by atoms with E-state index in [4.69, 9.17) is 9.84 Å². The summed E-state index contributed by atoms with van der Waals surface area (Å²) in [6.07, 6.45) is 0. The summed E-state index contributed by atoms with van der Waals surface area (Å²) in [7, 11) is 1.79. The van der Waals surface area contributed by atoms with Crippen molar-refractivity contribution in [3.8, 4) is 5.75 Å². The van der Waals surface area contributed by atoms with E-state index in [0.29, 0.717) is 11.0 Å². The highest BCUT2D eigenvalue weighted by molar-refractivity contribution is 8.00. The van der Waals surface area contributed by atoms with Crippen LogP contribution in [-0.4, -0.2) is 31.1 Å². The Morgan fingerprint density at radius 1 is 1.40 bits per heavy atom. The average Bonchev–Trinajstić information content (AvgIpc) is 2.78. The van der Waals surface area contributed by atoms with Crippen molar-refractivity contribution in [2.24, 2.45) is 7.05 Å². The molecule has 106 valence electrons. The second kappa shape index (κ2) is 6.42. The summed E-state index contributed by atoms with van der Waals surface area (Å²) in [5, 5.41) is 16.9. The van der Waals surface area contributed by atoms with Crippen molar-refractivity contribution in [2.45, 2.75) is 23.9 Å². The van der Waals surface area contributed by atoms with Crippen LogP contribution < -0.4 is 4.74 Å². The maximum atomic E-state index is 10.8. The molecule has 0 saturated heterocycles. The van der Waals surface area contributed by atoms with Gasteiger partial charge in [-0.1, -0.05) is 30.0 Å². The van der Waals surface area contributed by atoms with Crippen LogP contribution in [0.4, 0.5) is 0 Å². The summed E-state index contributed by atoms with van der Waals surface area (Å²) in [6, 6.07) is 9.41. The highest BCUT2D eigenvalue weighted by Crippen LogP contribution is 2.21. The first kappa shape index (κ1) is 14.4. The van der Waals surface area contributed by atoms with E-state index in [2.05, 4.69) is 10.2 Å². The number of nitrogens with zero attached hydrogens (tertiary/aromatic N) is 3. The topological polar surface area (TPSA) is 77.2 Å². The van der Waals surface area contributed by atoms with Crippen LogP contribution in [0.2, 0.25) is 0 Å². The van der Waals surface area contributed by atoms with Crippen molar-refractivity contribution >= 4 is 17.7 Å². The van der Waals surface area contributed by atoms with Gasteiger partial charge in [0.2, 0.25) is 0 Å². The zero-order chi connectivity index (χ0) is 14.5. The monoisotopic (exact) mass is 293 g/mol. The van der Waals surface area contributed by atoms with E-state index in [9.17, 15) is 4.79 Å². The molecule has 0 fully saturated rings. The molecule has 20 heavy (non-hydrogen) atoms. The molecule has 1 N–H and O–H groups in total. The summed E-state index contributed by atoms with van der Waals surface area (Å²) in [6.45, 7) is 1.90. The third kappa shape index (κ3) is 3.51. The summed E-state index contributed by atoms with van der Waals surface area (Å²) >= 11 is 1.16. The van der Waals surface area contributed by atoms with Gasteiger partial charge in [0, 0.05) is 7.05 Å². The molecule has 0 spiro atoms. The number of benzene rings is 1. The third-order valence-corrected chi connectivity index (χ3v) is 3.79. The maximum Gasteiger partial charge on any atom is 0.316 e. The van der Waals surface area contributed by atoms with Crippen LogP contribution in [-0.2, 0) is 18.4 Å². The van der Waals surface area contributed by atoms with Crippen LogP contribution >= 0.6 is 11.8 Å². The number of carboxylic acid groups (broad SMARTS) is 1. The summed E-state index contributed by atoms with van der Waals surface area (Å²) in [4.78, 5) is 10.8. The van der Waals surface area contributed by atoms with Crippen molar-refractivity contribution < 1.29 is 14.6 Å². The number of aromatic nitrogens is 3. The number of aliphatic carboxylic acids is 1. The van der Waals surface area contributed by atoms with Gasteiger partial charge in [-0.05, 0) is 19.1 Å². The molecule has 0 saturated carbocycles. The Kier molecular flexibility index (Phi) is 4.62. The molecule has 0 aliphatic carbocycles. The van der Waals surface area contributed by atoms with E-state index in [0.717, 1.165) is 17.5 Å². The predicted molar refractivity (Wildman–Crippen MR) is 74.7 cm³/mol. The number of rotatable bonds is 6. The van der Waals surface area contributed by atoms with E-state index in [1.54, 1.807) is 18.5 Å². The number of carboxylic acids is 1. The van der Waals surface area contributed by atoms with E-state index in [-0.39, 0.29) is 6.61 Å². The van der Waals surface area contributed by atoms with E-state index >= 15 is 0 Å². The minimum absolute atomic E-state index is 0.287. The highest BCUT2D eigenvalue weighted by atomic mass is 32.2. The second-order valence-electron chi connectivity index (χ2n) is 4.16. The molecule has 0 amide bonds. The van der Waals surface area contributed by atoms with Gasteiger partial charge in [-0.15, -0.1) is 10.2 Å². The normalized spacial score (nSPS) is 12.1. The van der Waals surface area contributed by atoms with Crippen molar-refractivity contribution in [2.75, 3.05) is 0 Å². The molecule has 0 aliphatic rings. The second-order valence-corrected chi connectivity index (χ2v) is 5.47. The van der Waals surface area contributed by atoms with E-state index < -0.39 is 11.2 Å². The van der Waals surface area contributed by atoms with Crippen molar-refractivity contribution in [1.82, 2.24) is 14.8 Å². The van der Waals surface area contributed by atoms with E-state index in [1.807, 2.05) is 30.3 Å². The van der Waals surface area contributed by atoms with Gasteiger partial charge >= 0.3 is 5.97 Å². The molecule has 1 aromatic carbocycles. The summed E-state index contributed by atoms with van der Waals surface area (Å²) in [5.41, 5.74) is 0. The van der Waals surface area contributed by atoms with Gasteiger partial charge in [0.25, 0.3) is 0 Å². The number of hydrogen-bond acceptors (Lipinski definition) is 5. The van der Waals surface area contributed by atoms with Crippen LogP contribution in [0.15, 0.2) is 35.5 Å². The first-order valence-electron chi connectivity index (χ1n) is 6.03. The van der Waals surface area contributed by atoms with Crippen LogP contribution in [0.25, 0.3) is 0 Å². The lowest BCUT2D eigenvalue weighted by Gasteiger charge is -2.07. The molecular formula is C13H15N3O3S. The third-order valence-electron chi connectivity index (χ3n) is 2.67. The zero-order valence-electron chi connectivity index (χ0n) is 11.2. The fraction of sp³-hybridized carbons (Fsp3) is 0.308. The maximum absolute atomic E-state index is 10.8. The summed E-state index contributed by atoms with van der Waals surface area (Å²) < 4.78 is 7.33. The van der Waals surface area contributed by atoms with Crippen LogP contribution in [0.3, 0.4) is 0 Å². The Morgan fingerprint density at radius 3 is 2.75 bits per heavy atom. The molecule has 0 bridgehead atoms. The van der Waals surface area contributed by atoms with Gasteiger partial charge in [-0.3, -0.25) is 4.79 Å². The van der Waals surface area contributed by atoms with E-state index in [1.165, 1.54) is 0 Å². The molecule has 7 heteroatoms. The molecule has 1 atom stereocenters. The predicted octanol–water partition coefficient (Wildman–Crippen LogP) is 1.96. The minimum atomic E-state index is -0.875. The Bertz CT molecular complexity index is 586. The molecule has 1 heterocycles. The van der Waals surface area contributed by atoms with Crippen LogP contribution in [0, 0.1) is 0 Å². The fourth-order valence-electron chi connectivity index (χ4n) is 1.45. The van der Waals surface area contributed by atoms with Crippen LogP contribution in [0.1, 0.15) is 12.7 Å². The van der Waals surface area contributed by atoms with Gasteiger partial charge in [0.15, 0.2) is 11.0 Å². The summed E-state index contributed by atoms with van der Waals surface area (Å²) in [5.74, 6) is 0.526.